The van der Waals surface area contributed by atoms with Gasteiger partial charge in [-0.05, 0) is 26.7 Å². The lowest BCUT2D eigenvalue weighted by atomic mass is 10.1. The summed E-state index contributed by atoms with van der Waals surface area (Å²) < 4.78 is 0. The number of aliphatic hydroxyl groups excluding tert-OH is 1. The van der Waals surface area contributed by atoms with E-state index >= 15 is 0 Å². The van der Waals surface area contributed by atoms with Crippen molar-refractivity contribution >= 4 is 5.91 Å². The molecule has 0 spiro atoms. The molecule has 1 saturated heterocycles. The topological polar surface area (TPSA) is 43.8 Å². The maximum Gasteiger partial charge on any atom is 0.222 e. The predicted molar refractivity (Wildman–Crippen MR) is 68.8 cm³/mol. The molecule has 0 radical (unpaired) electrons. The normalized spacial score (nSPS) is 21.3. The lowest BCUT2D eigenvalue weighted by Gasteiger charge is -2.38. The monoisotopic (exact) mass is 242 g/mol. The largest absolute Gasteiger partial charge is 0.393 e. The molecule has 4 heteroatoms. The molecule has 0 aromatic carbocycles. The van der Waals surface area contributed by atoms with Crippen LogP contribution < -0.4 is 0 Å². The second kappa shape index (κ2) is 6.97. The van der Waals surface area contributed by atoms with Gasteiger partial charge in [-0.15, -0.1) is 0 Å². The number of aliphatic hydroxyl groups is 1. The van der Waals surface area contributed by atoms with Crippen LogP contribution in [0.1, 0.15) is 40.0 Å². The Morgan fingerprint density at radius 1 is 1.24 bits per heavy atom. The number of hydrogen-bond donors (Lipinski definition) is 1. The maximum absolute atomic E-state index is 11.8. The summed E-state index contributed by atoms with van der Waals surface area (Å²) in [5, 5.41) is 9.17. The average molecular weight is 242 g/mol. The van der Waals surface area contributed by atoms with E-state index in [4.69, 9.17) is 5.11 Å². The molecule has 0 bridgehead atoms. The van der Waals surface area contributed by atoms with Crippen LogP contribution in [0.4, 0.5) is 0 Å². The molecule has 4 nitrogen and oxygen atoms in total. The number of rotatable bonds is 5. The highest BCUT2D eigenvalue weighted by atomic mass is 16.3. The first-order chi connectivity index (χ1) is 8.04. The van der Waals surface area contributed by atoms with Gasteiger partial charge < -0.3 is 10.0 Å². The molecular formula is C13H26N2O2. The molecule has 1 aliphatic rings. The molecule has 0 aromatic heterocycles. The van der Waals surface area contributed by atoms with Crippen molar-refractivity contribution in [3.63, 3.8) is 0 Å². The average Bonchev–Trinajstić information content (AvgIpc) is 2.35. The van der Waals surface area contributed by atoms with E-state index in [1.807, 2.05) is 4.90 Å². The summed E-state index contributed by atoms with van der Waals surface area (Å²) in [6.07, 6.45) is 1.84. The quantitative estimate of drug-likeness (QED) is 0.785. The molecule has 100 valence electrons. The Kier molecular flexibility index (Phi) is 5.92. The fourth-order valence-electron chi connectivity index (χ4n) is 2.16. The van der Waals surface area contributed by atoms with E-state index in [9.17, 15) is 4.79 Å². The van der Waals surface area contributed by atoms with Crippen molar-refractivity contribution in [1.82, 2.24) is 9.80 Å². The third kappa shape index (κ3) is 4.64. The Hall–Kier alpha value is -0.610. The van der Waals surface area contributed by atoms with Gasteiger partial charge in [-0.2, -0.15) is 0 Å². The molecule has 0 aromatic rings. The predicted octanol–water partition coefficient (Wildman–Crippen LogP) is 1.09. The van der Waals surface area contributed by atoms with Crippen molar-refractivity contribution < 1.29 is 9.90 Å². The molecule has 1 aliphatic heterocycles. The summed E-state index contributed by atoms with van der Waals surface area (Å²) in [6.45, 7) is 9.81. The number of piperazine rings is 1. The third-order valence-corrected chi connectivity index (χ3v) is 3.66. The molecule has 2 atom stereocenters. The standard InChI is InChI=1S/C13H26N2O2/c1-4-11(2)14-7-9-15(10-8-14)13(17)6-5-12(3)16/h11-12,16H,4-10H2,1-3H3. The summed E-state index contributed by atoms with van der Waals surface area (Å²) in [4.78, 5) is 16.2. The lowest BCUT2D eigenvalue weighted by molar-refractivity contribution is -0.133. The van der Waals surface area contributed by atoms with Gasteiger partial charge in [0.2, 0.25) is 5.91 Å². The van der Waals surface area contributed by atoms with Crippen molar-refractivity contribution in [3.8, 4) is 0 Å². The molecule has 1 heterocycles. The van der Waals surface area contributed by atoms with Crippen molar-refractivity contribution in [2.75, 3.05) is 26.2 Å². The fourth-order valence-corrected chi connectivity index (χ4v) is 2.16. The number of amides is 1. The molecule has 0 saturated carbocycles. The van der Waals surface area contributed by atoms with Gasteiger partial charge in [-0.25, -0.2) is 0 Å². The summed E-state index contributed by atoms with van der Waals surface area (Å²) in [5.74, 6) is 0.190. The summed E-state index contributed by atoms with van der Waals surface area (Å²) in [6, 6.07) is 0.615. The first-order valence-electron chi connectivity index (χ1n) is 6.74. The Balaban J connectivity index is 2.28. The highest BCUT2D eigenvalue weighted by Gasteiger charge is 2.23. The van der Waals surface area contributed by atoms with Crippen LogP contribution in [-0.4, -0.2) is 59.1 Å². The third-order valence-electron chi connectivity index (χ3n) is 3.66. The molecule has 1 N–H and O–H groups in total. The van der Waals surface area contributed by atoms with Crippen LogP contribution in [0.2, 0.25) is 0 Å². The van der Waals surface area contributed by atoms with Crippen molar-refractivity contribution in [3.05, 3.63) is 0 Å². The molecule has 2 unspecified atom stereocenters. The van der Waals surface area contributed by atoms with Gasteiger partial charge in [0.05, 0.1) is 6.10 Å². The Morgan fingerprint density at radius 3 is 2.29 bits per heavy atom. The SMILES string of the molecule is CCC(C)N1CCN(C(=O)CCC(C)O)CC1. The van der Waals surface area contributed by atoms with Crippen molar-refractivity contribution in [2.45, 2.75) is 52.2 Å². The summed E-state index contributed by atoms with van der Waals surface area (Å²) in [7, 11) is 0. The second-order valence-corrected chi connectivity index (χ2v) is 5.06. The van der Waals surface area contributed by atoms with Gasteiger partial charge in [0.25, 0.3) is 0 Å². The van der Waals surface area contributed by atoms with Crippen LogP contribution >= 0.6 is 0 Å². The minimum atomic E-state index is -0.375. The molecule has 1 fully saturated rings. The van der Waals surface area contributed by atoms with Gasteiger partial charge in [0.15, 0.2) is 0 Å². The zero-order valence-electron chi connectivity index (χ0n) is 11.4. The van der Waals surface area contributed by atoms with Crippen LogP contribution in [0.5, 0.6) is 0 Å². The Morgan fingerprint density at radius 2 is 1.82 bits per heavy atom. The number of hydrogen-bond acceptors (Lipinski definition) is 3. The van der Waals surface area contributed by atoms with Gasteiger partial charge >= 0.3 is 0 Å². The maximum atomic E-state index is 11.8. The minimum absolute atomic E-state index is 0.190. The Bertz CT molecular complexity index is 236. The Labute approximate surface area is 105 Å². The van der Waals surface area contributed by atoms with E-state index in [0.29, 0.717) is 18.9 Å². The zero-order chi connectivity index (χ0) is 12.8. The molecule has 1 rings (SSSR count). The first kappa shape index (κ1) is 14.5. The minimum Gasteiger partial charge on any atom is -0.393 e. The summed E-state index contributed by atoms with van der Waals surface area (Å²) >= 11 is 0. The number of nitrogens with zero attached hydrogens (tertiary/aromatic N) is 2. The van der Waals surface area contributed by atoms with E-state index in [2.05, 4.69) is 18.7 Å². The van der Waals surface area contributed by atoms with Gasteiger partial charge in [0, 0.05) is 38.6 Å². The van der Waals surface area contributed by atoms with Crippen LogP contribution in [0.25, 0.3) is 0 Å². The van der Waals surface area contributed by atoms with Gasteiger partial charge in [-0.1, -0.05) is 6.92 Å². The van der Waals surface area contributed by atoms with Crippen LogP contribution in [0.3, 0.4) is 0 Å². The van der Waals surface area contributed by atoms with E-state index in [1.54, 1.807) is 6.92 Å². The number of carbonyl (C=O) groups is 1. The van der Waals surface area contributed by atoms with E-state index in [-0.39, 0.29) is 12.0 Å². The van der Waals surface area contributed by atoms with E-state index in [1.165, 1.54) is 0 Å². The van der Waals surface area contributed by atoms with Crippen LogP contribution in [0.15, 0.2) is 0 Å². The van der Waals surface area contributed by atoms with Crippen LogP contribution in [-0.2, 0) is 4.79 Å². The second-order valence-electron chi connectivity index (χ2n) is 5.06. The van der Waals surface area contributed by atoms with Gasteiger partial charge in [0.1, 0.15) is 0 Å². The van der Waals surface area contributed by atoms with Crippen LogP contribution in [0, 0.1) is 0 Å². The summed E-state index contributed by atoms with van der Waals surface area (Å²) in [5.41, 5.74) is 0. The highest BCUT2D eigenvalue weighted by Crippen LogP contribution is 2.10. The first-order valence-corrected chi connectivity index (χ1v) is 6.74. The van der Waals surface area contributed by atoms with E-state index < -0.39 is 0 Å². The number of carbonyl (C=O) groups excluding carboxylic acids is 1. The smallest absolute Gasteiger partial charge is 0.222 e. The lowest BCUT2D eigenvalue weighted by Crippen LogP contribution is -2.51. The highest BCUT2D eigenvalue weighted by molar-refractivity contribution is 5.76. The fraction of sp³-hybridized carbons (Fsp3) is 0.923. The molecule has 0 aliphatic carbocycles. The molecule has 1 amide bonds. The van der Waals surface area contributed by atoms with Crippen molar-refractivity contribution in [1.29, 1.82) is 0 Å². The van der Waals surface area contributed by atoms with Crippen molar-refractivity contribution in [2.24, 2.45) is 0 Å². The zero-order valence-corrected chi connectivity index (χ0v) is 11.4. The van der Waals surface area contributed by atoms with E-state index in [0.717, 1.165) is 32.6 Å². The molecular weight excluding hydrogens is 216 g/mol. The van der Waals surface area contributed by atoms with Gasteiger partial charge in [-0.3, -0.25) is 9.69 Å². The molecule has 17 heavy (non-hydrogen) atoms.